The monoisotopic (exact) mass is 768 g/mol. The SMILES string of the molecule is CC(C)C1=C2[C@H]3CC[C@@H]4[C@@]5(C)CC[C@H](OC(=O)CC(C)(C)C(=O)O)C(C)(C)[C@@H]5CC[C@@]4(C)[C@]3(C)CC[C@@]2([C@H](O)c2nnc(-c3ncc(C#N)cn3)n2C)CC1=O. The van der Waals surface area contributed by atoms with E-state index in [-0.39, 0.29) is 58.2 Å². The Kier molecular flexibility index (Phi) is 9.54. The Morgan fingerprint density at radius 2 is 1.66 bits per heavy atom. The van der Waals surface area contributed by atoms with Gasteiger partial charge in [-0.15, -0.1) is 10.2 Å². The number of fused-ring (bicyclic) bond motifs is 7. The fraction of sp³-hybridized carbons (Fsp3) is 0.727. The third kappa shape index (κ3) is 5.64. The second-order valence-electron chi connectivity index (χ2n) is 20.3. The molecule has 0 amide bonds. The largest absolute Gasteiger partial charge is 0.481 e. The number of nitrogens with zero attached hydrogens (tertiary/aromatic N) is 6. The quantitative estimate of drug-likeness (QED) is 0.253. The molecule has 302 valence electrons. The molecule has 0 aliphatic heterocycles. The normalized spacial score (nSPS) is 35.5. The van der Waals surface area contributed by atoms with E-state index in [9.17, 15) is 29.9 Å². The van der Waals surface area contributed by atoms with Crippen LogP contribution in [0.2, 0.25) is 0 Å². The van der Waals surface area contributed by atoms with Gasteiger partial charge in [-0.1, -0.05) is 48.5 Å². The lowest BCUT2D eigenvalue weighted by Crippen LogP contribution is -2.66. The van der Waals surface area contributed by atoms with Crippen molar-refractivity contribution in [2.45, 2.75) is 139 Å². The van der Waals surface area contributed by atoms with Crippen molar-refractivity contribution in [2.75, 3.05) is 0 Å². The summed E-state index contributed by atoms with van der Waals surface area (Å²) in [7, 11) is 1.79. The lowest BCUT2D eigenvalue weighted by Gasteiger charge is -2.72. The summed E-state index contributed by atoms with van der Waals surface area (Å²) < 4.78 is 7.89. The number of esters is 1. The second kappa shape index (κ2) is 13.3. The molecule has 0 saturated heterocycles. The van der Waals surface area contributed by atoms with Gasteiger partial charge in [0.05, 0.1) is 17.4 Å². The number of nitriles is 1. The Labute approximate surface area is 330 Å². The van der Waals surface area contributed by atoms with Gasteiger partial charge in [-0.2, -0.15) is 5.26 Å². The van der Waals surface area contributed by atoms with E-state index in [0.717, 1.165) is 56.1 Å². The molecule has 56 heavy (non-hydrogen) atoms. The number of allylic oxidation sites excluding steroid dienone is 1. The van der Waals surface area contributed by atoms with Crippen LogP contribution in [0.15, 0.2) is 23.5 Å². The van der Waals surface area contributed by atoms with Gasteiger partial charge in [0.25, 0.3) is 0 Å². The first kappa shape index (κ1) is 40.2. The van der Waals surface area contributed by atoms with Gasteiger partial charge in [0.1, 0.15) is 18.3 Å². The number of Topliss-reactive ketones (excluding diaryl/α,β-unsaturated/α-hetero) is 1. The average Bonchev–Trinajstić information content (AvgIpc) is 3.66. The number of rotatable bonds is 8. The molecule has 5 aliphatic carbocycles. The zero-order valence-electron chi connectivity index (χ0n) is 34.9. The first-order chi connectivity index (χ1) is 26.1. The van der Waals surface area contributed by atoms with Crippen molar-refractivity contribution >= 4 is 17.7 Å². The molecule has 2 heterocycles. The Hall–Kier alpha value is -3.98. The van der Waals surface area contributed by atoms with Crippen LogP contribution in [0.5, 0.6) is 0 Å². The van der Waals surface area contributed by atoms with Crippen molar-refractivity contribution < 1.29 is 29.3 Å². The number of aliphatic hydroxyl groups excluding tert-OH is 1. The molecule has 0 aromatic carbocycles. The molecule has 2 aromatic heterocycles. The molecule has 2 aromatic rings. The zero-order chi connectivity index (χ0) is 41.0. The number of hydrogen-bond donors (Lipinski definition) is 2. The molecule has 4 saturated carbocycles. The van der Waals surface area contributed by atoms with Crippen molar-refractivity contribution in [3.8, 4) is 17.7 Å². The number of aliphatic hydroxyl groups is 1. The van der Waals surface area contributed by atoms with Crippen LogP contribution < -0.4 is 0 Å². The molecular weight excluding hydrogens is 709 g/mol. The van der Waals surface area contributed by atoms with Gasteiger partial charge in [-0.3, -0.25) is 14.4 Å². The molecule has 12 heteroatoms. The number of ether oxygens (including phenoxy) is 1. The summed E-state index contributed by atoms with van der Waals surface area (Å²) in [6, 6.07) is 2.03. The van der Waals surface area contributed by atoms with Gasteiger partial charge in [0, 0.05) is 36.7 Å². The Morgan fingerprint density at radius 1 is 0.982 bits per heavy atom. The van der Waals surface area contributed by atoms with Crippen LogP contribution >= 0.6 is 0 Å². The van der Waals surface area contributed by atoms with Crippen molar-refractivity contribution in [1.29, 1.82) is 5.26 Å². The van der Waals surface area contributed by atoms with Crippen LogP contribution in [0.25, 0.3) is 11.6 Å². The minimum atomic E-state index is -1.19. The first-order valence-corrected chi connectivity index (χ1v) is 20.6. The predicted molar refractivity (Wildman–Crippen MR) is 207 cm³/mol. The molecule has 0 bridgehead atoms. The highest BCUT2D eigenvalue weighted by atomic mass is 16.5. The van der Waals surface area contributed by atoms with E-state index in [0.29, 0.717) is 41.3 Å². The van der Waals surface area contributed by atoms with Crippen LogP contribution in [0.1, 0.15) is 144 Å². The molecule has 4 fully saturated rings. The van der Waals surface area contributed by atoms with Crippen molar-refractivity contribution in [1.82, 2.24) is 24.7 Å². The van der Waals surface area contributed by atoms with Crippen LogP contribution in [0, 0.1) is 67.5 Å². The maximum absolute atomic E-state index is 14.2. The maximum Gasteiger partial charge on any atom is 0.309 e. The van der Waals surface area contributed by atoms with Crippen LogP contribution in [-0.4, -0.2) is 58.8 Å². The average molecular weight is 769 g/mol. The maximum atomic E-state index is 14.2. The molecule has 0 radical (unpaired) electrons. The minimum absolute atomic E-state index is 0.00503. The number of carboxylic acids is 1. The topological polar surface area (TPSA) is 181 Å². The number of aromatic nitrogens is 5. The summed E-state index contributed by atoms with van der Waals surface area (Å²) in [6.45, 7) is 19.3. The zero-order valence-corrected chi connectivity index (χ0v) is 34.9. The molecule has 0 unspecified atom stereocenters. The number of carbonyl (C=O) groups is 3. The van der Waals surface area contributed by atoms with Crippen molar-refractivity contribution in [3.63, 3.8) is 0 Å². The fourth-order valence-corrected chi connectivity index (χ4v) is 13.4. The minimum Gasteiger partial charge on any atom is -0.481 e. The van der Waals surface area contributed by atoms with E-state index in [1.54, 1.807) is 25.5 Å². The standard InChI is InChI=1S/C44H60N6O6/c1-24(2)32-27(51)19-44(34(53)36-48-49-37(50(36)10)35-46-22-25(21-45)23-47-35)18-17-42(8)26(33(32)44)11-12-29-41(7)15-14-30(56-31(52)20-39(3,4)38(54)55)40(5,6)28(41)13-16-43(29,42)9/h22-24,26,28-30,34,53H,11-20H2,1-10H3,(H,54,55)/t26-,28+,29-,30+,34-,41+,42-,43-,44-/m1/s1. The molecule has 0 spiro atoms. The van der Waals surface area contributed by atoms with E-state index < -0.39 is 28.9 Å². The Balaban J connectivity index is 1.20. The summed E-state index contributed by atoms with van der Waals surface area (Å²) >= 11 is 0. The first-order valence-electron chi connectivity index (χ1n) is 20.6. The smallest absolute Gasteiger partial charge is 0.309 e. The Morgan fingerprint density at radius 3 is 2.29 bits per heavy atom. The lowest BCUT2D eigenvalue weighted by molar-refractivity contribution is -0.235. The summed E-state index contributed by atoms with van der Waals surface area (Å²) in [5.41, 5.74) is -0.0593. The van der Waals surface area contributed by atoms with Crippen LogP contribution in [0.4, 0.5) is 0 Å². The molecule has 12 nitrogen and oxygen atoms in total. The fourth-order valence-electron chi connectivity index (χ4n) is 13.4. The van der Waals surface area contributed by atoms with E-state index in [1.165, 1.54) is 12.4 Å². The number of carbonyl (C=O) groups excluding carboxylic acids is 2. The van der Waals surface area contributed by atoms with Gasteiger partial charge in [0.15, 0.2) is 17.4 Å². The third-order valence-electron chi connectivity index (χ3n) is 16.5. The van der Waals surface area contributed by atoms with Gasteiger partial charge in [-0.25, -0.2) is 9.97 Å². The third-order valence-corrected chi connectivity index (χ3v) is 16.5. The van der Waals surface area contributed by atoms with Crippen LogP contribution in [-0.2, 0) is 26.2 Å². The van der Waals surface area contributed by atoms with Crippen LogP contribution in [0.3, 0.4) is 0 Å². The highest BCUT2D eigenvalue weighted by Crippen LogP contribution is 2.77. The Bertz CT molecular complexity index is 2030. The molecule has 5 aliphatic rings. The molecule has 9 atom stereocenters. The van der Waals surface area contributed by atoms with E-state index in [1.807, 2.05) is 6.07 Å². The highest BCUT2D eigenvalue weighted by molar-refractivity contribution is 6.00. The number of aliphatic carboxylic acids is 1. The number of hydrogen-bond acceptors (Lipinski definition) is 10. The highest BCUT2D eigenvalue weighted by Gasteiger charge is 2.71. The second-order valence-corrected chi connectivity index (χ2v) is 20.3. The predicted octanol–water partition coefficient (Wildman–Crippen LogP) is 7.57. The summed E-state index contributed by atoms with van der Waals surface area (Å²) in [6.07, 6.45) is 8.79. The number of ketones is 1. The molecular formula is C44H60N6O6. The van der Waals surface area contributed by atoms with Crippen molar-refractivity contribution in [3.05, 3.63) is 34.9 Å². The van der Waals surface area contributed by atoms with E-state index in [2.05, 4.69) is 68.6 Å². The van der Waals surface area contributed by atoms with E-state index in [4.69, 9.17) is 4.74 Å². The van der Waals surface area contributed by atoms with E-state index >= 15 is 0 Å². The lowest BCUT2D eigenvalue weighted by atomic mass is 9.33. The molecule has 7 rings (SSSR count). The van der Waals surface area contributed by atoms with Gasteiger partial charge < -0.3 is 19.5 Å². The molecule has 2 N–H and O–H groups in total. The van der Waals surface area contributed by atoms with Crippen molar-refractivity contribution in [2.24, 2.45) is 63.2 Å². The van der Waals surface area contributed by atoms with Gasteiger partial charge in [0.2, 0.25) is 5.82 Å². The summed E-state index contributed by atoms with van der Waals surface area (Å²) in [5, 5.41) is 40.3. The van der Waals surface area contributed by atoms with Gasteiger partial charge in [-0.05, 0) is 116 Å². The van der Waals surface area contributed by atoms with Gasteiger partial charge >= 0.3 is 11.9 Å². The summed E-state index contributed by atoms with van der Waals surface area (Å²) in [5.74, 6) is 0.611. The summed E-state index contributed by atoms with van der Waals surface area (Å²) in [4.78, 5) is 47.8. The number of carboxylic acid groups (broad SMARTS) is 1.